The summed E-state index contributed by atoms with van der Waals surface area (Å²) in [6.45, 7) is 0. The number of rotatable bonds is 1. The van der Waals surface area contributed by atoms with Crippen molar-refractivity contribution in [3.63, 3.8) is 0 Å². The molecule has 1 unspecified atom stereocenters. The number of halogens is 3. The van der Waals surface area contributed by atoms with Gasteiger partial charge >= 0.3 is 6.18 Å². The first-order valence-corrected chi connectivity index (χ1v) is 3.52. The molecule has 6 heteroatoms. The molecule has 0 aliphatic heterocycles. The molecule has 0 bridgehead atoms. The van der Waals surface area contributed by atoms with E-state index in [4.69, 9.17) is 5.73 Å². The highest BCUT2D eigenvalue weighted by atomic mass is 32.1. The molecule has 0 spiro atoms. The Bertz CT molecular complexity index is 218. The van der Waals surface area contributed by atoms with Crippen molar-refractivity contribution in [2.45, 2.75) is 12.2 Å². The number of hydrogen-bond acceptors (Lipinski definition) is 3. The Hall–Kier alpha value is -0.620. The van der Waals surface area contributed by atoms with E-state index in [9.17, 15) is 13.2 Å². The van der Waals surface area contributed by atoms with Crippen LogP contribution in [0.15, 0.2) is 12.3 Å². The van der Waals surface area contributed by atoms with E-state index in [1.165, 1.54) is 12.3 Å². The van der Waals surface area contributed by atoms with E-state index >= 15 is 0 Å². The normalized spacial score (nSPS) is 14.9. The molecular formula is C5H5F3N2S. The van der Waals surface area contributed by atoms with E-state index in [1.54, 1.807) is 0 Å². The van der Waals surface area contributed by atoms with Gasteiger partial charge in [-0.2, -0.15) is 13.2 Å². The van der Waals surface area contributed by atoms with E-state index in [2.05, 4.69) is 4.37 Å². The quantitative estimate of drug-likeness (QED) is 0.718. The van der Waals surface area contributed by atoms with Crippen LogP contribution < -0.4 is 5.73 Å². The summed E-state index contributed by atoms with van der Waals surface area (Å²) in [5, 5.41) is 0. The Labute approximate surface area is 65.0 Å². The molecule has 62 valence electrons. The number of nitrogens with two attached hydrogens (primary N) is 1. The summed E-state index contributed by atoms with van der Waals surface area (Å²) in [5.74, 6) is 0. The van der Waals surface area contributed by atoms with Crippen LogP contribution in [-0.2, 0) is 0 Å². The molecule has 2 nitrogen and oxygen atoms in total. The van der Waals surface area contributed by atoms with Crippen molar-refractivity contribution >= 4 is 11.5 Å². The minimum atomic E-state index is -4.37. The van der Waals surface area contributed by atoms with Gasteiger partial charge in [0, 0.05) is 6.20 Å². The molecule has 2 N–H and O–H groups in total. The van der Waals surface area contributed by atoms with E-state index < -0.39 is 12.2 Å². The van der Waals surface area contributed by atoms with Crippen LogP contribution in [0.3, 0.4) is 0 Å². The second kappa shape index (κ2) is 2.78. The van der Waals surface area contributed by atoms with Crippen LogP contribution in [0.25, 0.3) is 0 Å². The summed E-state index contributed by atoms with van der Waals surface area (Å²) >= 11 is 0.763. The molecule has 0 saturated carbocycles. The molecule has 1 rings (SSSR count). The molecule has 1 aromatic heterocycles. The van der Waals surface area contributed by atoms with E-state index in [1.807, 2.05) is 0 Å². The predicted molar refractivity (Wildman–Crippen MR) is 35.1 cm³/mol. The maximum Gasteiger partial charge on any atom is 0.408 e. The van der Waals surface area contributed by atoms with E-state index in [0.29, 0.717) is 0 Å². The lowest BCUT2D eigenvalue weighted by Gasteiger charge is -2.12. The number of alkyl halides is 3. The summed E-state index contributed by atoms with van der Waals surface area (Å²) in [7, 11) is 0. The SMILES string of the molecule is NC(c1ccns1)C(F)(F)F. The van der Waals surface area contributed by atoms with Gasteiger partial charge in [-0.25, -0.2) is 4.37 Å². The largest absolute Gasteiger partial charge is 0.408 e. The molecule has 0 aliphatic carbocycles. The average molecular weight is 182 g/mol. The first-order chi connectivity index (χ1) is 5.02. The zero-order valence-corrected chi connectivity index (χ0v) is 6.12. The summed E-state index contributed by atoms with van der Waals surface area (Å²) < 4.78 is 39.1. The van der Waals surface area contributed by atoms with Crippen molar-refractivity contribution in [1.82, 2.24) is 4.37 Å². The Kier molecular flexibility index (Phi) is 2.15. The topological polar surface area (TPSA) is 38.9 Å². The molecule has 0 radical (unpaired) electrons. The van der Waals surface area contributed by atoms with Gasteiger partial charge in [-0.15, -0.1) is 0 Å². The van der Waals surface area contributed by atoms with Crippen molar-refractivity contribution in [1.29, 1.82) is 0 Å². The van der Waals surface area contributed by atoms with Crippen molar-refractivity contribution in [3.05, 3.63) is 17.1 Å². The van der Waals surface area contributed by atoms with Crippen molar-refractivity contribution in [2.75, 3.05) is 0 Å². The van der Waals surface area contributed by atoms with Gasteiger partial charge in [0.1, 0.15) is 6.04 Å². The molecular weight excluding hydrogens is 177 g/mol. The van der Waals surface area contributed by atoms with Gasteiger partial charge in [-0.05, 0) is 17.6 Å². The molecule has 1 heterocycles. The average Bonchev–Trinajstić information content (AvgIpc) is 2.34. The van der Waals surface area contributed by atoms with Crippen LogP contribution in [0.5, 0.6) is 0 Å². The maximum absolute atomic E-state index is 11.9. The molecule has 11 heavy (non-hydrogen) atoms. The second-order valence-electron chi connectivity index (χ2n) is 1.93. The van der Waals surface area contributed by atoms with Crippen LogP contribution in [-0.4, -0.2) is 10.5 Å². The number of nitrogens with zero attached hydrogens (tertiary/aromatic N) is 1. The summed E-state index contributed by atoms with van der Waals surface area (Å²) in [4.78, 5) is 0.0394. The number of hydrogen-bond donors (Lipinski definition) is 1. The first-order valence-electron chi connectivity index (χ1n) is 2.74. The minimum Gasteiger partial charge on any atom is -0.316 e. The fraction of sp³-hybridized carbons (Fsp3) is 0.400. The van der Waals surface area contributed by atoms with Crippen LogP contribution in [0, 0.1) is 0 Å². The Morgan fingerprint density at radius 3 is 2.55 bits per heavy atom. The number of aromatic nitrogens is 1. The smallest absolute Gasteiger partial charge is 0.316 e. The lowest BCUT2D eigenvalue weighted by Crippen LogP contribution is -2.27. The fourth-order valence-electron chi connectivity index (χ4n) is 0.547. The van der Waals surface area contributed by atoms with Crippen LogP contribution in [0.2, 0.25) is 0 Å². The van der Waals surface area contributed by atoms with Crippen LogP contribution in [0.1, 0.15) is 10.9 Å². The Morgan fingerprint density at radius 1 is 1.55 bits per heavy atom. The van der Waals surface area contributed by atoms with Gasteiger partial charge in [0.05, 0.1) is 4.88 Å². The first kappa shape index (κ1) is 8.48. The lowest BCUT2D eigenvalue weighted by molar-refractivity contribution is -0.148. The van der Waals surface area contributed by atoms with Gasteiger partial charge in [-0.3, -0.25) is 0 Å². The van der Waals surface area contributed by atoms with Gasteiger partial charge in [0.15, 0.2) is 0 Å². The Morgan fingerprint density at radius 2 is 2.18 bits per heavy atom. The molecule has 1 atom stereocenters. The maximum atomic E-state index is 11.9. The van der Waals surface area contributed by atoms with Crippen LogP contribution >= 0.6 is 11.5 Å². The molecule has 0 aliphatic rings. The highest BCUT2D eigenvalue weighted by Gasteiger charge is 2.38. The molecule has 1 aromatic rings. The predicted octanol–water partition coefficient (Wildman–Crippen LogP) is 1.71. The molecule has 0 aromatic carbocycles. The van der Waals surface area contributed by atoms with Gasteiger partial charge in [-0.1, -0.05) is 0 Å². The van der Waals surface area contributed by atoms with Crippen molar-refractivity contribution < 1.29 is 13.2 Å². The van der Waals surface area contributed by atoms with E-state index in [-0.39, 0.29) is 4.88 Å². The van der Waals surface area contributed by atoms with Gasteiger partial charge < -0.3 is 5.73 Å². The van der Waals surface area contributed by atoms with Gasteiger partial charge in [0.2, 0.25) is 0 Å². The molecule has 0 fully saturated rings. The monoisotopic (exact) mass is 182 g/mol. The summed E-state index contributed by atoms with van der Waals surface area (Å²) in [6.07, 6.45) is -3.07. The summed E-state index contributed by atoms with van der Waals surface area (Å²) in [5.41, 5.74) is 4.86. The third-order valence-electron chi connectivity index (χ3n) is 1.12. The van der Waals surface area contributed by atoms with Gasteiger partial charge in [0.25, 0.3) is 0 Å². The third kappa shape index (κ3) is 1.90. The minimum absolute atomic E-state index is 0.0394. The zero-order valence-electron chi connectivity index (χ0n) is 5.30. The fourth-order valence-corrected chi connectivity index (χ4v) is 1.16. The highest BCUT2D eigenvalue weighted by Crippen LogP contribution is 2.31. The Balaban J connectivity index is 2.78. The lowest BCUT2D eigenvalue weighted by atomic mass is 10.2. The van der Waals surface area contributed by atoms with Crippen molar-refractivity contribution in [2.24, 2.45) is 5.73 Å². The van der Waals surface area contributed by atoms with Crippen LogP contribution in [0.4, 0.5) is 13.2 Å². The standard InChI is InChI=1S/C5H5F3N2S/c6-5(7,8)4(9)3-1-2-10-11-3/h1-2,4H,9H2. The molecule has 0 amide bonds. The second-order valence-corrected chi connectivity index (χ2v) is 2.80. The van der Waals surface area contributed by atoms with Crippen molar-refractivity contribution in [3.8, 4) is 0 Å². The molecule has 0 saturated heterocycles. The third-order valence-corrected chi connectivity index (χ3v) is 1.94. The zero-order chi connectivity index (χ0) is 8.48. The summed E-state index contributed by atoms with van der Waals surface area (Å²) in [6, 6.07) is -0.627. The van der Waals surface area contributed by atoms with E-state index in [0.717, 1.165) is 11.5 Å². The highest BCUT2D eigenvalue weighted by molar-refractivity contribution is 7.05.